The molecule has 146 valence electrons. The van der Waals surface area contributed by atoms with Crippen LogP contribution in [0.3, 0.4) is 0 Å². The number of non-ortho nitro benzene ring substituents is 2. The zero-order chi connectivity index (χ0) is 20.8. The predicted molar refractivity (Wildman–Crippen MR) is 98.9 cm³/mol. The number of nitrogens with one attached hydrogen (secondary N) is 2. The Morgan fingerprint density at radius 1 is 0.964 bits per heavy atom. The fourth-order valence-corrected chi connectivity index (χ4v) is 2.26. The van der Waals surface area contributed by atoms with Gasteiger partial charge in [-0.1, -0.05) is 6.58 Å². The van der Waals surface area contributed by atoms with Crippen LogP contribution in [0, 0.1) is 20.2 Å². The van der Waals surface area contributed by atoms with Crippen LogP contribution in [0.4, 0.5) is 11.4 Å². The average molecular weight is 388 g/mol. The second-order valence-corrected chi connectivity index (χ2v) is 5.38. The zero-order valence-electron chi connectivity index (χ0n) is 14.9. The van der Waals surface area contributed by atoms with Gasteiger partial charge >= 0.3 is 0 Å². The molecule has 0 saturated carbocycles. The van der Waals surface area contributed by atoms with Crippen LogP contribution >= 0.6 is 0 Å². The molecule has 0 aliphatic heterocycles. The Morgan fingerprint density at radius 2 is 1.57 bits per heavy atom. The molecule has 0 aromatic heterocycles. The minimum atomic E-state index is -0.821. The zero-order valence-corrected chi connectivity index (χ0v) is 14.9. The summed E-state index contributed by atoms with van der Waals surface area (Å²) in [6, 6.07) is 7.56. The van der Waals surface area contributed by atoms with Crippen molar-refractivity contribution in [3.63, 3.8) is 0 Å². The molecule has 2 aromatic rings. The van der Waals surface area contributed by atoms with Crippen LogP contribution in [0.15, 0.2) is 43.0 Å². The van der Waals surface area contributed by atoms with Gasteiger partial charge in [-0.15, -0.1) is 0 Å². The minimum Gasteiger partial charge on any atom is -0.497 e. The third-order valence-electron chi connectivity index (χ3n) is 3.65. The molecule has 11 nitrogen and oxygen atoms in total. The van der Waals surface area contributed by atoms with Gasteiger partial charge in [0.15, 0.2) is 0 Å². The molecular weight excluding hydrogens is 372 g/mol. The smallest absolute Gasteiger partial charge is 0.277 e. The maximum absolute atomic E-state index is 12.3. The van der Waals surface area contributed by atoms with E-state index in [2.05, 4.69) is 17.4 Å². The molecule has 0 radical (unpaired) electrons. The Bertz CT molecular complexity index is 926. The first-order valence-electron chi connectivity index (χ1n) is 7.68. The predicted octanol–water partition coefficient (Wildman–Crippen LogP) is 2.43. The molecule has 0 aliphatic carbocycles. The highest BCUT2D eigenvalue weighted by atomic mass is 16.6. The van der Waals surface area contributed by atoms with Gasteiger partial charge in [0.25, 0.3) is 17.3 Å². The number of nitro benzene ring substituents is 2. The van der Waals surface area contributed by atoms with Crippen LogP contribution < -0.4 is 20.3 Å². The van der Waals surface area contributed by atoms with E-state index in [1.807, 2.05) is 0 Å². The molecule has 0 atom stereocenters. The number of amides is 1. The molecule has 1 amide bonds. The van der Waals surface area contributed by atoms with Crippen LogP contribution in [0.25, 0.3) is 5.70 Å². The van der Waals surface area contributed by atoms with E-state index in [1.165, 1.54) is 14.2 Å². The summed E-state index contributed by atoms with van der Waals surface area (Å²) in [5.41, 5.74) is 4.21. The molecule has 0 aliphatic rings. The summed E-state index contributed by atoms with van der Waals surface area (Å²) in [5, 5.41) is 21.8. The van der Waals surface area contributed by atoms with Crippen LogP contribution in [-0.2, 0) is 0 Å². The number of hydrogen-bond acceptors (Lipinski definition) is 8. The van der Waals surface area contributed by atoms with E-state index >= 15 is 0 Å². The Kier molecular flexibility index (Phi) is 6.11. The highest BCUT2D eigenvalue weighted by molar-refractivity contribution is 5.95. The van der Waals surface area contributed by atoms with Crippen molar-refractivity contribution in [1.29, 1.82) is 0 Å². The summed E-state index contributed by atoms with van der Waals surface area (Å²) in [6.07, 6.45) is 0. The summed E-state index contributed by atoms with van der Waals surface area (Å²) >= 11 is 0. The number of hydrazine groups is 1. The first-order valence-corrected chi connectivity index (χ1v) is 7.68. The normalized spacial score (nSPS) is 9.93. The highest BCUT2D eigenvalue weighted by Gasteiger charge is 2.20. The van der Waals surface area contributed by atoms with Crippen molar-refractivity contribution in [2.45, 2.75) is 0 Å². The molecule has 0 unspecified atom stereocenters. The summed E-state index contributed by atoms with van der Waals surface area (Å²) in [5.74, 6) is 0.166. The van der Waals surface area contributed by atoms with Crippen LogP contribution in [-0.4, -0.2) is 30.0 Å². The average Bonchev–Trinajstić information content (AvgIpc) is 2.70. The van der Waals surface area contributed by atoms with Crippen LogP contribution in [0.2, 0.25) is 0 Å². The van der Waals surface area contributed by atoms with Crippen LogP contribution in [0.1, 0.15) is 15.9 Å². The van der Waals surface area contributed by atoms with Gasteiger partial charge in [-0.05, 0) is 12.1 Å². The van der Waals surface area contributed by atoms with Crippen molar-refractivity contribution in [2.24, 2.45) is 0 Å². The summed E-state index contributed by atoms with van der Waals surface area (Å²) in [4.78, 5) is 32.5. The molecule has 2 rings (SSSR count). The maximum Gasteiger partial charge on any atom is 0.277 e. The SMILES string of the molecule is C=C(NNC(=O)c1cc([N+](=O)[O-])cc([N+](=O)[O-])c1)c1ccc(OC)cc1OC. The summed E-state index contributed by atoms with van der Waals surface area (Å²) < 4.78 is 10.3. The van der Waals surface area contributed by atoms with Gasteiger partial charge in [0.05, 0.1) is 41.4 Å². The number of benzene rings is 2. The Labute approximate surface area is 158 Å². The Balaban J connectivity index is 2.19. The van der Waals surface area contributed by atoms with E-state index in [1.54, 1.807) is 18.2 Å². The molecule has 0 spiro atoms. The fraction of sp³-hybridized carbons (Fsp3) is 0.118. The number of rotatable bonds is 8. The van der Waals surface area contributed by atoms with Gasteiger partial charge in [0.2, 0.25) is 0 Å². The lowest BCUT2D eigenvalue weighted by atomic mass is 10.1. The van der Waals surface area contributed by atoms with E-state index < -0.39 is 27.1 Å². The third kappa shape index (κ3) is 4.52. The number of hydrogen-bond donors (Lipinski definition) is 2. The number of ether oxygens (including phenoxy) is 2. The van der Waals surface area contributed by atoms with Gasteiger partial charge in [-0.3, -0.25) is 35.9 Å². The Morgan fingerprint density at radius 3 is 2.07 bits per heavy atom. The van der Waals surface area contributed by atoms with Gasteiger partial charge in [-0.2, -0.15) is 0 Å². The van der Waals surface area contributed by atoms with E-state index in [0.717, 1.165) is 18.2 Å². The van der Waals surface area contributed by atoms with Crippen molar-refractivity contribution >= 4 is 23.0 Å². The minimum absolute atomic E-state index is 0.257. The number of methoxy groups -OCH3 is 2. The highest BCUT2D eigenvalue weighted by Crippen LogP contribution is 2.28. The molecule has 0 saturated heterocycles. The number of nitrogens with zero attached hydrogens (tertiary/aromatic N) is 2. The van der Waals surface area contributed by atoms with Gasteiger partial charge in [0.1, 0.15) is 11.5 Å². The van der Waals surface area contributed by atoms with Gasteiger partial charge in [0, 0.05) is 23.8 Å². The standard InChI is InChI=1S/C17H16N4O7/c1-10(15-5-4-14(27-2)9-16(15)28-3)18-19-17(22)11-6-12(20(23)24)8-13(7-11)21(25)26/h4-9,18H,1H2,2-3H3,(H,19,22). The third-order valence-corrected chi connectivity index (χ3v) is 3.65. The van der Waals surface area contributed by atoms with Crippen molar-refractivity contribution in [3.05, 3.63) is 74.3 Å². The first-order chi connectivity index (χ1) is 13.3. The van der Waals surface area contributed by atoms with Crippen molar-refractivity contribution < 1.29 is 24.1 Å². The Hall–Kier alpha value is -4.15. The van der Waals surface area contributed by atoms with Gasteiger partial charge < -0.3 is 9.47 Å². The summed E-state index contributed by atoms with van der Waals surface area (Å²) in [7, 11) is 2.95. The lowest BCUT2D eigenvalue weighted by Gasteiger charge is -2.15. The van der Waals surface area contributed by atoms with Crippen LogP contribution in [0.5, 0.6) is 11.5 Å². The topological polar surface area (TPSA) is 146 Å². The van der Waals surface area contributed by atoms with E-state index in [9.17, 15) is 25.0 Å². The molecule has 11 heteroatoms. The van der Waals surface area contributed by atoms with Gasteiger partial charge in [-0.25, -0.2) is 0 Å². The van der Waals surface area contributed by atoms with Crippen molar-refractivity contribution in [1.82, 2.24) is 10.9 Å². The second-order valence-electron chi connectivity index (χ2n) is 5.38. The first kappa shape index (κ1) is 20.2. The molecule has 0 heterocycles. The number of nitro groups is 2. The van der Waals surface area contributed by atoms with E-state index in [-0.39, 0.29) is 11.3 Å². The number of carbonyl (C=O) groups is 1. The quantitative estimate of drug-likeness (QED) is 0.518. The van der Waals surface area contributed by atoms with Crippen molar-refractivity contribution in [2.75, 3.05) is 14.2 Å². The maximum atomic E-state index is 12.3. The van der Waals surface area contributed by atoms with Crippen molar-refractivity contribution in [3.8, 4) is 11.5 Å². The molecule has 0 fully saturated rings. The fourth-order valence-electron chi connectivity index (χ4n) is 2.26. The van der Waals surface area contributed by atoms with E-state index in [0.29, 0.717) is 17.1 Å². The second kappa shape index (κ2) is 8.49. The molecule has 2 N–H and O–H groups in total. The monoisotopic (exact) mass is 388 g/mol. The lowest BCUT2D eigenvalue weighted by Crippen LogP contribution is -2.36. The number of carbonyl (C=O) groups excluding carboxylic acids is 1. The molecular formula is C17H16N4O7. The van der Waals surface area contributed by atoms with E-state index in [4.69, 9.17) is 9.47 Å². The molecule has 28 heavy (non-hydrogen) atoms. The largest absolute Gasteiger partial charge is 0.497 e. The lowest BCUT2D eigenvalue weighted by molar-refractivity contribution is -0.394. The molecule has 0 bridgehead atoms. The summed E-state index contributed by atoms with van der Waals surface area (Å²) in [6.45, 7) is 3.78. The molecule has 2 aromatic carbocycles.